The van der Waals surface area contributed by atoms with E-state index in [0.29, 0.717) is 11.1 Å². The molecule has 0 saturated carbocycles. The Kier molecular flexibility index (Phi) is 2.62. The van der Waals surface area contributed by atoms with Gasteiger partial charge in [-0.2, -0.15) is 0 Å². The van der Waals surface area contributed by atoms with Crippen LogP contribution in [-0.4, -0.2) is 17.2 Å². The van der Waals surface area contributed by atoms with E-state index in [2.05, 4.69) is 10.6 Å². The fraction of sp³-hybridized carbons (Fsp3) is 0.100. The van der Waals surface area contributed by atoms with E-state index in [1.54, 1.807) is 12.1 Å². The quantitative estimate of drug-likeness (QED) is 0.595. The normalized spacial score (nSPS) is 19.2. The number of amides is 3. The summed E-state index contributed by atoms with van der Waals surface area (Å²) in [5.41, 5.74) is 0.945. The minimum atomic E-state index is -0.702. The van der Waals surface area contributed by atoms with Crippen LogP contribution in [0, 0.1) is 0 Å². The molecule has 1 aromatic carbocycles. The fourth-order valence-electron chi connectivity index (χ4n) is 1.46. The molecule has 1 aliphatic heterocycles. The van der Waals surface area contributed by atoms with Crippen molar-refractivity contribution in [3.63, 3.8) is 0 Å². The van der Waals surface area contributed by atoms with Crippen molar-refractivity contribution in [2.24, 2.45) is 0 Å². The van der Waals surface area contributed by atoms with E-state index in [9.17, 15) is 14.4 Å². The first-order chi connectivity index (χ1) is 7.58. The maximum Gasteiger partial charge on any atom is 0.322 e. The third-order valence-electron chi connectivity index (χ3n) is 2.25. The van der Waals surface area contributed by atoms with Crippen LogP contribution < -0.4 is 10.6 Å². The molecule has 5 nitrogen and oxygen atoms in total. The zero-order chi connectivity index (χ0) is 11.7. The minimum Gasteiger partial charge on any atom is -0.322 e. The molecule has 0 aromatic heterocycles. The second kappa shape index (κ2) is 3.94. The van der Waals surface area contributed by atoms with Crippen molar-refractivity contribution in [2.75, 3.05) is 0 Å². The first-order valence-corrected chi connectivity index (χ1v) is 4.87. The number of nitrogens with one attached hydrogen (secondary N) is 2. The fourth-order valence-corrected chi connectivity index (χ4v) is 1.58. The first-order valence-electron chi connectivity index (χ1n) is 4.49. The van der Waals surface area contributed by atoms with Crippen molar-refractivity contribution >= 4 is 28.8 Å². The Morgan fingerprint density at radius 1 is 1.19 bits per heavy atom. The molecule has 2 rings (SSSR count). The summed E-state index contributed by atoms with van der Waals surface area (Å²) in [5, 5.41) is 4.01. The number of rotatable bonds is 2. The average molecular weight is 239 g/mol. The van der Waals surface area contributed by atoms with E-state index < -0.39 is 23.2 Å². The van der Waals surface area contributed by atoms with Gasteiger partial charge in [-0.1, -0.05) is 12.1 Å². The highest BCUT2D eigenvalue weighted by molar-refractivity contribution is 6.67. The van der Waals surface area contributed by atoms with Gasteiger partial charge in [0.05, 0.1) is 0 Å². The standard InChI is InChI=1S/C10H7ClN2O3/c11-8(14)6-3-1-5(2-4-6)7-9(15)13-10(16)12-7/h1-4,7H,(H2,12,13,15,16). The van der Waals surface area contributed by atoms with Gasteiger partial charge in [0.1, 0.15) is 6.04 Å². The Balaban J connectivity index is 2.25. The highest BCUT2D eigenvalue weighted by Gasteiger charge is 2.30. The molecule has 1 unspecified atom stereocenters. The van der Waals surface area contributed by atoms with Crippen LogP contribution in [0.3, 0.4) is 0 Å². The number of carbonyl (C=O) groups is 3. The lowest BCUT2D eigenvalue weighted by molar-refractivity contribution is -0.120. The van der Waals surface area contributed by atoms with Crippen molar-refractivity contribution in [1.29, 1.82) is 0 Å². The molecule has 6 heteroatoms. The lowest BCUT2D eigenvalue weighted by Crippen LogP contribution is -2.22. The van der Waals surface area contributed by atoms with Crippen LogP contribution in [-0.2, 0) is 4.79 Å². The summed E-state index contributed by atoms with van der Waals surface area (Å²) in [6.07, 6.45) is 0. The second-order valence-electron chi connectivity index (χ2n) is 3.29. The Bertz CT molecular complexity index is 469. The Labute approximate surface area is 95.8 Å². The molecule has 16 heavy (non-hydrogen) atoms. The number of carbonyl (C=O) groups excluding carboxylic acids is 3. The van der Waals surface area contributed by atoms with E-state index >= 15 is 0 Å². The maximum atomic E-state index is 11.3. The van der Waals surface area contributed by atoms with Gasteiger partial charge in [-0.25, -0.2) is 4.79 Å². The molecule has 3 amide bonds. The van der Waals surface area contributed by atoms with E-state index in [4.69, 9.17) is 11.6 Å². The van der Waals surface area contributed by atoms with Crippen LogP contribution in [0.25, 0.3) is 0 Å². The van der Waals surface area contributed by atoms with Crippen LogP contribution >= 0.6 is 11.6 Å². The molecule has 82 valence electrons. The summed E-state index contributed by atoms with van der Waals surface area (Å²) in [5.74, 6) is -0.407. The van der Waals surface area contributed by atoms with Gasteiger partial charge in [-0.15, -0.1) is 0 Å². The topological polar surface area (TPSA) is 75.3 Å². The summed E-state index contributed by atoms with van der Waals surface area (Å²) in [7, 11) is 0. The summed E-state index contributed by atoms with van der Waals surface area (Å²) in [4.78, 5) is 33.0. The highest BCUT2D eigenvalue weighted by Crippen LogP contribution is 2.17. The lowest BCUT2D eigenvalue weighted by atomic mass is 10.1. The van der Waals surface area contributed by atoms with Gasteiger partial charge in [-0.05, 0) is 29.3 Å². The lowest BCUT2D eigenvalue weighted by Gasteiger charge is -2.07. The van der Waals surface area contributed by atoms with E-state index in [-0.39, 0.29) is 0 Å². The van der Waals surface area contributed by atoms with Crippen LogP contribution in [0.4, 0.5) is 4.79 Å². The van der Waals surface area contributed by atoms with E-state index in [1.807, 2.05) is 0 Å². The zero-order valence-electron chi connectivity index (χ0n) is 7.99. The van der Waals surface area contributed by atoms with Crippen LogP contribution in [0.15, 0.2) is 24.3 Å². The highest BCUT2D eigenvalue weighted by atomic mass is 35.5. The van der Waals surface area contributed by atoms with Gasteiger partial charge >= 0.3 is 6.03 Å². The molecule has 2 N–H and O–H groups in total. The van der Waals surface area contributed by atoms with Crippen LogP contribution in [0.1, 0.15) is 22.0 Å². The first kappa shape index (κ1) is 10.6. The van der Waals surface area contributed by atoms with Gasteiger partial charge in [0.15, 0.2) is 0 Å². The van der Waals surface area contributed by atoms with Gasteiger partial charge in [0, 0.05) is 5.56 Å². The average Bonchev–Trinajstić information content (AvgIpc) is 2.58. The van der Waals surface area contributed by atoms with Crippen molar-refractivity contribution < 1.29 is 14.4 Å². The van der Waals surface area contributed by atoms with Crippen molar-refractivity contribution in [2.45, 2.75) is 6.04 Å². The predicted octanol–water partition coefficient (Wildman–Crippen LogP) is 0.946. The summed E-state index contributed by atoms with van der Waals surface area (Å²) < 4.78 is 0. The number of urea groups is 1. The molecule has 0 radical (unpaired) electrons. The molecule has 1 heterocycles. The van der Waals surface area contributed by atoms with Gasteiger partial charge in [0.25, 0.3) is 11.1 Å². The third kappa shape index (κ3) is 1.90. The second-order valence-corrected chi connectivity index (χ2v) is 3.63. The number of hydrogen-bond acceptors (Lipinski definition) is 3. The van der Waals surface area contributed by atoms with Crippen LogP contribution in [0.5, 0.6) is 0 Å². The Morgan fingerprint density at radius 3 is 2.25 bits per heavy atom. The third-order valence-corrected chi connectivity index (χ3v) is 2.46. The van der Waals surface area contributed by atoms with E-state index in [1.165, 1.54) is 12.1 Å². The molecule has 1 fully saturated rings. The predicted molar refractivity (Wildman–Crippen MR) is 56.0 cm³/mol. The smallest absolute Gasteiger partial charge is 0.322 e. The number of benzene rings is 1. The van der Waals surface area contributed by atoms with Gasteiger partial charge in [-0.3, -0.25) is 14.9 Å². The molecule has 1 saturated heterocycles. The van der Waals surface area contributed by atoms with Crippen molar-refractivity contribution in [3.8, 4) is 0 Å². The van der Waals surface area contributed by atoms with Crippen molar-refractivity contribution in [1.82, 2.24) is 10.6 Å². The molecule has 0 spiro atoms. The Morgan fingerprint density at radius 2 is 1.81 bits per heavy atom. The summed E-state index contributed by atoms with van der Waals surface area (Å²) in [6, 6.07) is 4.93. The number of imide groups is 1. The molecule has 0 aliphatic carbocycles. The molecular formula is C10H7ClN2O3. The number of hydrogen-bond donors (Lipinski definition) is 2. The van der Waals surface area contributed by atoms with Gasteiger partial charge < -0.3 is 5.32 Å². The van der Waals surface area contributed by atoms with Crippen LogP contribution in [0.2, 0.25) is 0 Å². The summed E-state index contributed by atoms with van der Waals surface area (Å²) in [6.45, 7) is 0. The largest absolute Gasteiger partial charge is 0.322 e. The summed E-state index contributed by atoms with van der Waals surface area (Å²) >= 11 is 5.28. The van der Waals surface area contributed by atoms with E-state index in [0.717, 1.165) is 0 Å². The van der Waals surface area contributed by atoms with Gasteiger partial charge in [0.2, 0.25) is 0 Å². The molecular weight excluding hydrogens is 232 g/mol. The van der Waals surface area contributed by atoms with Crippen molar-refractivity contribution in [3.05, 3.63) is 35.4 Å². The molecule has 0 bridgehead atoms. The SMILES string of the molecule is O=C1NC(=O)C(c2ccc(C(=O)Cl)cc2)N1. The molecule has 1 aromatic rings. The Hall–Kier alpha value is -1.88. The number of halogens is 1. The monoisotopic (exact) mass is 238 g/mol. The molecule has 1 aliphatic rings. The molecule has 1 atom stereocenters. The minimum absolute atomic E-state index is 0.343. The zero-order valence-corrected chi connectivity index (χ0v) is 8.75. The maximum absolute atomic E-state index is 11.3.